The highest BCUT2D eigenvalue weighted by Gasteiger charge is 2.22. The van der Waals surface area contributed by atoms with Crippen LogP contribution in [0.25, 0.3) is 0 Å². The molecule has 0 unspecified atom stereocenters. The molecule has 0 radical (unpaired) electrons. The summed E-state index contributed by atoms with van der Waals surface area (Å²) >= 11 is 0. The van der Waals surface area contributed by atoms with Gasteiger partial charge in [0.25, 0.3) is 5.91 Å². The minimum Gasteiger partial charge on any atom is -0.484 e. The lowest BCUT2D eigenvalue weighted by molar-refractivity contribution is -0.148. The lowest BCUT2D eigenvalue weighted by Crippen LogP contribution is -2.50. The van der Waals surface area contributed by atoms with E-state index in [1.807, 2.05) is 0 Å². The van der Waals surface area contributed by atoms with Crippen molar-refractivity contribution in [2.45, 2.75) is 12.5 Å². The number of carboxylic acid groups (broad SMARTS) is 1. The molecule has 1 heterocycles. The van der Waals surface area contributed by atoms with Crippen molar-refractivity contribution in [2.75, 3.05) is 44.8 Å². The molecule has 1 amide bonds. The summed E-state index contributed by atoms with van der Waals surface area (Å²) in [6.07, 6.45) is -0.643. The van der Waals surface area contributed by atoms with Gasteiger partial charge in [0.15, 0.2) is 12.7 Å². The number of rotatable bonds is 8. The number of hydrogen-bond donors (Lipinski definition) is 1. The Morgan fingerprint density at radius 3 is 2.23 bits per heavy atom. The molecular formula is C22H25FN2O5. The predicted molar refractivity (Wildman–Crippen MR) is 109 cm³/mol. The van der Waals surface area contributed by atoms with E-state index in [4.69, 9.17) is 14.6 Å². The van der Waals surface area contributed by atoms with Crippen molar-refractivity contribution in [3.63, 3.8) is 0 Å². The first kappa shape index (κ1) is 21.6. The monoisotopic (exact) mass is 416 g/mol. The number of anilines is 1. The fourth-order valence-corrected chi connectivity index (χ4v) is 3.31. The fourth-order valence-electron chi connectivity index (χ4n) is 3.31. The van der Waals surface area contributed by atoms with E-state index in [1.54, 1.807) is 41.3 Å². The zero-order chi connectivity index (χ0) is 21.5. The summed E-state index contributed by atoms with van der Waals surface area (Å²) < 4.78 is 23.6. The Bertz CT molecular complexity index is 849. The zero-order valence-corrected chi connectivity index (χ0v) is 16.8. The Hall–Kier alpha value is -3.13. The Morgan fingerprint density at radius 2 is 1.67 bits per heavy atom. The van der Waals surface area contributed by atoms with Gasteiger partial charge in [-0.2, -0.15) is 0 Å². The highest BCUT2D eigenvalue weighted by Crippen LogP contribution is 2.18. The first-order valence-corrected chi connectivity index (χ1v) is 9.72. The van der Waals surface area contributed by atoms with Gasteiger partial charge in [-0.15, -0.1) is 0 Å². The average molecular weight is 416 g/mol. The minimum atomic E-state index is -1.01. The number of amides is 1. The second-order valence-corrected chi connectivity index (χ2v) is 7.04. The Balaban J connectivity index is 1.44. The van der Waals surface area contributed by atoms with Gasteiger partial charge in [0.1, 0.15) is 11.6 Å². The number of carbonyl (C=O) groups excluding carboxylic acids is 1. The number of carbonyl (C=O) groups is 2. The molecule has 1 N–H and O–H groups in total. The van der Waals surface area contributed by atoms with E-state index >= 15 is 0 Å². The molecule has 8 heteroatoms. The first-order valence-electron chi connectivity index (χ1n) is 9.72. The van der Waals surface area contributed by atoms with Crippen molar-refractivity contribution in [1.29, 1.82) is 0 Å². The molecular weight excluding hydrogens is 391 g/mol. The Kier molecular flexibility index (Phi) is 7.24. The van der Waals surface area contributed by atoms with E-state index in [2.05, 4.69) is 4.90 Å². The normalized spacial score (nSPS) is 15.0. The van der Waals surface area contributed by atoms with Gasteiger partial charge in [0, 0.05) is 45.4 Å². The minimum absolute atomic E-state index is 0.0638. The lowest BCUT2D eigenvalue weighted by atomic mass is 10.1. The second-order valence-electron chi connectivity index (χ2n) is 7.04. The first-order chi connectivity index (χ1) is 14.5. The smallest absolute Gasteiger partial charge is 0.333 e. The van der Waals surface area contributed by atoms with Crippen LogP contribution in [0, 0.1) is 5.82 Å². The molecule has 2 aromatic rings. The largest absolute Gasteiger partial charge is 0.484 e. The number of aliphatic carboxylic acids is 1. The summed E-state index contributed by atoms with van der Waals surface area (Å²) in [4.78, 5) is 27.3. The van der Waals surface area contributed by atoms with Crippen molar-refractivity contribution in [3.8, 4) is 5.75 Å². The number of piperazine rings is 1. The predicted octanol–water partition coefficient (Wildman–Crippen LogP) is 2.20. The summed E-state index contributed by atoms with van der Waals surface area (Å²) in [7, 11) is 1.36. The number of nitrogens with zero attached hydrogens (tertiary/aromatic N) is 2. The molecule has 0 bridgehead atoms. The molecule has 7 nitrogen and oxygen atoms in total. The molecule has 3 rings (SSSR count). The van der Waals surface area contributed by atoms with Crippen molar-refractivity contribution >= 4 is 17.6 Å². The number of halogens is 1. The van der Waals surface area contributed by atoms with Crippen LogP contribution in [-0.2, 0) is 20.7 Å². The number of ether oxygens (including phenoxy) is 2. The quantitative estimate of drug-likeness (QED) is 0.711. The number of hydrogen-bond acceptors (Lipinski definition) is 5. The van der Waals surface area contributed by atoms with Crippen molar-refractivity contribution in [1.82, 2.24) is 4.90 Å². The maximum absolute atomic E-state index is 13.1. The standard InChI is InChI=1S/C22H25FN2O5/c1-29-20(22(27)28)14-16-2-8-19(9-3-16)30-15-21(26)25-12-10-24(11-13-25)18-6-4-17(23)5-7-18/h2-9,20H,10-15H2,1H3,(H,27,28)/t20-/m0/s1. The third-order valence-electron chi connectivity index (χ3n) is 5.09. The van der Waals surface area contributed by atoms with E-state index < -0.39 is 12.1 Å². The average Bonchev–Trinajstić information content (AvgIpc) is 2.77. The molecule has 0 spiro atoms. The second kappa shape index (κ2) is 10.1. The van der Waals surface area contributed by atoms with Crippen LogP contribution in [0.4, 0.5) is 10.1 Å². The number of methoxy groups -OCH3 is 1. The summed E-state index contributed by atoms with van der Waals surface area (Å²) in [6, 6.07) is 13.3. The molecule has 1 aliphatic rings. The summed E-state index contributed by atoms with van der Waals surface area (Å²) in [6.45, 7) is 2.44. The molecule has 1 fully saturated rings. The maximum atomic E-state index is 13.1. The van der Waals surface area contributed by atoms with Gasteiger partial charge in [0.2, 0.25) is 0 Å². The van der Waals surface area contributed by atoms with Gasteiger partial charge >= 0.3 is 5.97 Å². The molecule has 0 saturated carbocycles. The van der Waals surface area contributed by atoms with Crippen LogP contribution in [0.3, 0.4) is 0 Å². The van der Waals surface area contributed by atoms with E-state index in [0.29, 0.717) is 31.9 Å². The third kappa shape index (κ3) is 5.70. The van der Waals surface area contributed by atoms with Gasteiger partial charge in [-0.25, -0.2) is 9.18 Å². The Morgan fingerprint density at radius 1 is 1.03 bits per heavy atom. The molecule has 2 aromatic carbocycles. The van der Waals surface area contributed by atoms with E-state index in [9.17, 15) is 14.0 Å². The van der Waals surface area contributed by atoms with Crippen LogP contribution < -0.4 is 9.64 Å². The van der Waals surface area contributed by atoms with Gasteiger partial charge in [0.05, 0.1) is 0 Å². The SMILES string of the molecule is CO[C@@H](Cc1ccc(OCC(=O)N2CCN(c3ccc(F)cc3)CC2)cc1)C(=O)O. The molecule has 160 valence electrons. The molecule has 0 aliphatic carbocycles. The van der Waals surface area contributed by atoms with Gasteiger partial charge in [-0.1, -0.05) is 12.1 Å². The van der Waals surface area contributed by atoms with Gasteiger partial charge < -0.3 is 24.4 Å². The molecule has 1 aliphatic heterocycles. The van der Waals surface area contributed by atoms with E-state index in [-0.39, 0.29) is 24.8 Å². The number of benzene rings is 2. The molecule has 1 atom stereocenters. The van der Waals surface area contributed by atoms with Gasteiger partial charge in [-0.05, 0) is 42.0 Å². The van der Waals surface area contributed by atoms with Crippen molar-refractivity contribution in [3.05, 3.63) is 59.9 Å². The summed E-state index contributed by atoms with van der Waals surface area (Å²) in [5.74, 6) is -0.828. The highest BCUT2D eigenvalue weighted by atomic mass is 19.1. The lowest BCUT2D eigenvalue weighted by Gasteiger charge is -2.36. The van der Waals surface area contributed by atoms with E-state index in [0.717, 1.165) is 11.3 Å². The van der Waals surface area contributed by atoms with Crippen LogP contribution in [0.5, 0.6) is 5.75 Å². The van der Waals surface area contributed by atoms with Crippen LogP contribution in [-0.4, -0.2) is 67.9 Å². The summed E-state index contributed by atoms with van der Waals surface area (Å²) in [5.41, 5.74) is 1.75. The zero-order valence-electron chi connectivity index (χ0n) is 16.8. The summed E-state index contributed by atoms with van der Waals surface area (Å²) in [5, 5.41) is 9.04. The third-order valence-corrected chi connectivity index (χ3v) is 5.09. The number of carboxylic acids is 1. The topological polar surface area (TPSA) is 79.3 Å². The molecule has 1 saturated heterocycles. The van der Waals surface area contributed by atoms with Crippen LogP contribution in [0.15, 0.2) is 48.5 Å². The highest BCUT2D eigenvalue weighted by molar-refractivity contribution is 5.78. The Labute approximate surface area is 174 Å². The molecule has 30 heavy (non-hydrogen) atoms. The molecule has 0 aromatic heterocycles. The van der Waals surface area contributed by atoms with Crippen LogP contribution >= 0.6 is 0 Å². The maximum Gasteiger partial charge on any atom is 0.333 e. The van der Waals surface area contributed by atoms with Crippen LogP contribution in [0.2, 0.25) is 0 Å². The fraction of sp³-hybridized carbons (Fsp3) is 0.364. The van der Waals surface area contributed by atoms with Crippen molar-refractivity contribution in [2.24, 2.45) is 0 Å². The van der Waals surface area contributed by atoms with Crippen molar-refractivity contribution < 1.29 is 28.6 Å². The van der Waals surface area contributed by atoms with E-state index in [1.165, 1.54) is 19.2 Å². The van der Waals surface area contributed by atoms with Gasteiger partial charge in [-0.3, -0.25) is 4.79 Å². The van der Waals surface area contributed by atoms with Crippen LogP contribution in [0.1, 0.15) is 5.56 Å².